The summed E-state index contributed by atoms with van der Waals surface area (Å²) in [6.45, 7) is 4.82. The van der Waals surface area contributed by atoms with Crippen LogP contribution in [0.1, 0.15) is 32.1 Å². The van der Waals surface area contributed by atoms with Gasteiger partial charge in [0.05, 0.1) is 24.1 Å². The van der Waals surface area contributed by atoms with Gasteiger partial charge in [0.15, 0.2) is 0 Å². The molecule has 1 aromatic rings. The molecule has 2 unspecified atom stereocenters. The lowest BCUT2D eigenvalue weighted by Gasteiger charge is -2.53. The summed E-state index contributed by atoms with van der Waals surface area (Å²) in [5.74, 6) is 0. The standard InChI is InChI=1S/C13H18N2O4/c1-10(2)15(18)8-3-9-19-13(15)11-4-6-12(7-5-11)14(16)17/h4-7,10,13H,3,8-9H2,1-2H3. The summed E-state index contributed by atoms with van der Waals surface area (Å²) in [5, 5.41) is 23.5. The fourth-order valence-corrected chi connectivity index (χ4v) is 2.39. The number of quaternary nitrogens is 1. The molecular weight excluding hydrogens is 248 g/mol. The predicted molar refractivity (Wildman–Crippen MR) is 70.0 cm³/mol. The number of nitrogens with zero attached hydrogens (tertiary/aromatic N) is 2. The minimum Gasteiger partial charge on any atom is -0.630 e. The Kier molecular flexibility index (Phi) is 3.84. The first-order valence-electron chi connectivity index (χ1n) is 6.39. The van der Waals surface area contributed by atoms with Crippen molar-refractivity contribution in [2.45, 2.75) is 32.5 Å². The van der Waals surface area contributed by atoms with E-state index in [1.54, 1.807) is 12.1 Å². The second kappa shape index (κ2) is 5.24. The third-order valence-electron chi connectivity index (χ3n) is 3.59. The molecule has 1 aliphatic rings. The Labute approximate surface area is 111 Å². The molecule has 1 heterocycles. The molecule has 6 heteroatoms. The predicted octanol–water partition coefficient (Wildman–Crippen LogP) is 2.74. The van der Waals surface area contributed by atoms with Crippen LogP contribution < -0.4 is 0 Å². The molecule has 2 atom stereocenters. The molecule has 0 aromatic heterocycles. The van der Waals surface area contributed by atoms with Crippen molar-refractivity contribution in [2.24, 2.45) is 0 Å². The van der Waals surface area contributed by atoms with Crippen LogP contribution in [-0.4, -0.2) is 28.8 Å². The van der Waals surface area contributed by atoms with Crippen LogP contribution >= 0.6 is 0 Å². The average Bonchev–Trinajstić information content (AvgIpc) is 2.39. The van der Waals surface area contributed by atoms with Crippen molar-refractivity contribution >= 4 is 5.69 Å². The van der Waals surface area contributed by atoms with Crippen molar-refractivity contribution in [3.63, 3.8) is 0 Å². The van der Waals surface area contributed by atoms with Gasteiger partial charge in [-0.3, -0.25) is 10.1 Å². The number of nitro benzene ring substituents is 1. The van der Waals surface area contributed by atoms with Gasteiger partial charge in [0.25, 0.3) is 5.69 Å². The molecule has 2 rings (SSSR count). The first-order chi connectivity index (χ1) is 8.95. The van der Waals surface area contributed by atoms with E-state index in [-0.39, 0.29) is 11.7 Å². The van der Waals surface area contributed by atoms with Crippen molar-refractivity contribution < 1.29 is 14.3 Å². The maximum absolute atomic E-state index is 12.9. The van der Waals surface area contributed by atoms with E-state index in [2.05, 4.69) is 0 Å². The quantitative estimate of drug-likeness (QED) is 0.365. The van der Waals surface area contributed by atoms with Gasteiger partial charge in [-0.15, -0.1) is 0 Å². The highest BCUT2D eigenvalue weighted by Gasteiger charge is 2.37. The van der Waals surface area contributed by atoms with Gasteiger partial charge in [0.2, 0.25) is 6.23 Å². The number of nitro groups is 1. The van der Waals surface area contributed by atoms with Gasteiger partial charge >= 0.3 is 0 Å². The third-order valence-corrected chi connectivity index (χ3v) is 3.59. The summed E-state index contributed by atoms with van der Waals surface area (Å²) in [7, 11) is 0. The fourth-order valence-electron chi connectivity index (χ4n) is 2.39. The highest BCUT2D eigenvalue weighted by Crippen LogP contribution is 2.35. The van der Waals surface area contributed by atoms with Crippen molar-refractivity contribution in [3.05, 3.63) is 45.2 Å². The Hall–Kier alpha value is -1.50. The number of hydrogen-bond acceptors (Lipinski definition) is 4. The smallest absolute Gasteiger partial charge is 0.269 e. The summed E-state index contributed by atoms with van der Waals surface area (Å²) in [6, 6.07) is 5.94. The number of ether oxygens (including phenoxy) is 1. The van der Waals surface area contributed by atoms with E-state index < -0.39 is 15.8 Å². The molecule has 1 aromatic carbocycles. The Balaban J connectivity index is 2.30. The molecule has 104 valence electrons. The zero-order valence-corrected chi connectivity index (χ0v) is 11.1. The molecule has 0 N–H and O–H groups in total. The molecule has 0 spiro atoms. The number of benzene rings is 1. The molecule has 0 amide bonds. The van der Waals surface area contributed by atoms with Crippen molar-refractivity contribution in [3.8, 4) is 0 Å². The molecule has 19 heavy (non-hydrogen) atoms. The van der Waals surface area contributed by atoms with E-state index >= 15 is 0 Å². The van der Waals surface area contributed by atoms with Gasteiger partial charge in [-0.05, 0) is 26.0 Å². The third kappa shape index (κ3) is 2.60. The summed E-state index contributed by atoms with van der Waals surface area (Å²) >= 11 is 0. The summed E-state index contributed by atoms with van der Waals surface area (Å²) in [6.07, 6.45) is 0.153. The zero-order valence-electron chi connectivity index (χ0n) is 11.1. The second-order valence-corrected chi connectivity index (χ2v) is 5.10. The Bertz CT molecular complexity index is 460. The van der Waals surface area contributed by atoms with Gasteiger partial charge in [-0.25, -0.2) is 0 Å². The topological polar surface area (TPSA) is 75.4 Å². The lowest BCUT2D eigenvalue weighted by Crippen LogP contribution is -2.54. The van der Waals surface area contributed by atoms with Gasteiger partial charge in [0.1, 0.15) is 0 Å². The Morgan fingerprint density at radius 2 is 2.00 bits per heavy atom. The largest absolute Gasteiger partial charge is 0.630 e. The molecule has 0 aliphatic carbocycles. The molecule has 6 nitrogen and oxygen atoms in total. The molecule has 0 radical (unpaired) electrons. The van der Waals surface area contributed by atoms with E-state index in [1.165, 1.54) is 12.1 Å². The van der Waals surface area contributed by atoms with Crippen molar-refractivity contribution in [1.29, 1.82) is 0 Å². The summed E-state index contributed by atoms with van der Waals surface area (Å²) < 4.78 is 5.20. The summed E-state index contributed by atoms with van der Waals surface area (Å²) in [4.78, 5) is 10.2. The van der Waals surface area contributed by atoms with Crippen LogP contribution in [0.2, 0.25) is 0 Å². The lowest BCUT2D eigenvalue weighted by molar-refractivity contribution is -0.961. The normalized spacial score (nSPS) is 27.5. The minimum atomic E-state index is -0.588. The molecule has 1 saturated heterocycles. The molecule has 1 fully saturated rings. The van der Waals surface area contributed by atoms with Crippen LogP contribution in [0, 0.1) is 15.3 Å². The SMILES string of the molecule is CC(C)[N+]1([O-])CCCOC1c1ccc([N+](=O)[O-])cc1. The first-order valence-corrected chi connectivity index (χ1v) is 6.39. The van der Waals surface area contributed by atoms with Crippen LogP contribution in [0.3, 0.4) is 0 Å². The first kappa shape index (κ1) is 13.9. The van der Waals surface area contributed by atoms with Crippen LogP contribution in [0.5, 0.6) is 0 Å². The fraction of sp³-hybridized carbons (Fsp3) is 0.538. The molecular formula is C13H18N2O4. The minimum absolute atomic E-state index is 0.0214. The Morgan fingerprint density at radius 3 is 2.53 bits per heavy atom. The number of rotatable bonds is 3. The number of non-ortho nitro benzene ring substituents is 1. The van der Waals surface area contributed by atoms with Gasteiger partial charge in [-0.2, -0.15) is 0 Å². The number of hydroxylamine groups is 3. The maximum Gasteiger partial charge on any atom is 0.269 e. The number of hydrogen-bond donors (Lipinski definition) is 0. The van der Waals surface area contributed by atoms with E-state index in [0.29, 0.717) is 18.7 Å². The summed E-state index contributed by atoms with van der Waals surface area (Å²) in [5.41, 5.74) is 0.724. The van der Waals surface area contributed by atoms with Crippen molar-refractivity contribution in [1.82, 2.24) is 0 Å². The van der Waals surface area contributed by atoms with Gasteiger partial charge < -0.3 is 14.6 Å². The maximum atomic E-state index is 12.9. The van der Waals surface area contributed by atoms with E-state index in [0.717, 1.165) is 6.42 Å². The molecule has 0 bridgehead atoms. The molecule has 1 aliphatic heterocycles. The van der Waals surface area contributed by atoms with E-state index in [1.807, 2.05) is 13.8 Å². The van der Waals surface area contributed by atoms with Crippen LogP contribution in [0.15, 0.2) is 24.3 Å². The van der Waals surface area contributed by atoms with E-state index in [9.17, 15) is 15.3 Å². The van der Waals surface area contributed by atoms with Crippen LogP contribution in [0.25, 0.3) is 0 Å². The monoisotopic (exact) mass is 266 g/mol. The average molecular weight is 266 g/mol. The van der Waals surface area contributed by atoms with Crippen LogP contribution in [0.4, 0.5) is 5.69 Å². The second-order valence-electron chi connectivity index (χ2n) is 5.10. The highest BCUT2D eigenvalue weighted by atomic mass is 16.6. The van der Waals surface area contributed by atoms with E-state index in [4.69, 9.17) is 4.74 Å². The zero-order chi connectivity index (χ0) is 14.0. The van der Waals surface area contributed by atoms with Crippen molar-refractivity contribution in [2.75, 3.05) is 13.2 Å². The van der Waals surface area contributed by atoms with Gasteiger partial charge in [-0.1, -0.05) is 0 Å². The lowest BCUT2D eigenvalue weighted by atomic mass is 10.1. The van der Waals surface area contributed by atoms with Crippen LogP contribution in [-0.2, 0) is 4.74 Å². The molecule has 0 saturated carbocycles. The van der Waals surface area contributed by atoms with Gasteiger partial charge in [0, 0.05) is 24.1 Å². The Morgan fingerprint density at radius 1 is 1.37 bits per heavy atom. The highest BCUT2D eigenvalue weighted by molar-refractivity contribution is 5.33.